The molecule has 6 rings (SSSR count). The van der Waals surface area contributed by atoms with Crippen molar-refractivity contribution in [2.75, 3.05) is 25.1 Å². The molecule has 2 N–H and O–H groups in total. The van der Waals surface area contributed by atoms with Gasteiger partial charge in [0, 0.05) is 49.2 Å². The van der Waals surface area contributed by atoms with Gasteiger partial charge in [0.1, 0.15) is 28.9 Å². The van der Waals surface area contributed by atoms with Crippen LogP contribution in [-0.2, 0) is 22.4 Å². The number of anilines is 1. The number of aromatic nitrogens is 3. The topological polar surface area (TPSA) is 98.4 Å². The molecule has 2 aromatic heterocycles. The lowest BCUT2D eigenvalue weighted by atomic mass is 9.95. The van der Waals surface area contributed by atoms with Crippen LogP contribution < -0.4 is 14.8 Å². The molecule has 5 heterocycles. The average molecular weight is 447 g/mol. The van der Waals surface area contributed by atoms with Crippen molar-refractivity contribution in [1.82, 2.24) is 15.0 Å². The number of aromatic amines is 1. The Bertz CT molecular complexity index is 1180. The molecule has 33 heavy (non-hydrogen) atoms. The van der Waals surface area contributed by atoms with E-state index < -0.39 is 0 Å². The number of nitrogens with one attached hydrogen (secondary N) is 2. The van der Waals surface area contributed by atoms with Crippen molar-refractivity contribution in [2.24, 2.45) is 0 Å². The van der Waals surface area contributed by atoms with E-state index in [1.54, 1.807) is 6.20 Å². The molecule has 0 aliphatic carbocycles. The van der Waals surface area contributed by atoms with Gasteiger partial charge in [-0.1, -0.05) is 0 Å². The molecule has 0 radical (unpaired) electrons. The third kappa shape index (κ3) is 4.06. The first kappa shape index (κ1) is 20.2. The van der Waals surface area contributed by atoms with E-state index >= 15 is 0 Å². The van der Waals surface area contributed by atoms with Gasteiger partial charge in [-0.3, -0.25) is 4.79 Å². The number of H-pyrrole nitrogens is 1. The highest BCUT2D eigenvalue weighted by atomic mass is 16.5. The van der Waals surface area contributed by atoms with Crippen molar-refractivity contribution in [3.63, 3.8) is 0 Å². The molecule has 0 spiro atoms. The Balaban J connectivity index is 1.20. The summed E-state index contributed by atoms with van der Waals surface area (Å²) in [5, 5.41) is 2.82. The van der Waals surface area contributed by atoms with E-state index in [-0.39, 0.29) is 11.8 Å². The summed E-state index contributed by atoms with van der Waals surface area (Å²) < 4.78 is 17.8. The Labute approximate surface area is 191 Å². The maximum Gasteiger partial charge on any atom is 0.225 e. The molecular formula is C25H26N4O4. The highest BCUT2D eigenvalue weighted by Gasteiger charge is 2.26. The first-order valence-electron chi connectivity index (χ1n) is 11.6. The van der Waals surface area contributed by atoms with Gasteiger partial charge in [-0.05, 0) is 55.5 Å². The molecule has 8 heteroatoms. The second kappa shape index (κ2) is 8.51. The Morgan fingerprint density at radius 2 is 1.97 bits per heavy atom. The van der Waals surface area contributed by atoms with Crippen molar-refractivity contribution in [2.45, 2.75) is 43.9 Å². The van der Waals surface area contributed by atoms with Crippen LogP contribution in [0.2, 0.25) is 0 Å². The Morgan fingerprint density at radius 1 is 1.06 bits per heavy atom. The summed E-state index contributed by atoms with van der Waals surface area (Å²) in [7, 11) is 0. The second-order valence-corrected chi connectivity index (χ2v) is 8.88. The number of carbonyl (C=O) groups is 1. The van der Waals surface area contributed by atoms with E-state index in [0.717, 1.165) is 66.7 Å². The fourth-order valence-corrected chi connectivity index (χ4v) is 4.86. The van der Waals surface area contributed by atoms with Gasteiger partial charge in [0.15, 0.2) is 0 Å². The number of hydrogen-bond donors (Lipinski definition) is 2. The maximum atomic E-state index is 11.7. The second-order valence-electron chi connectivity index (χ2n) is 8.88. The fraction of sp³-hybridized carbons (Fsp3) is 0.400. The zero-order chi connectivity index (χ0) is 22.2. The van der Waals surface area contributed by atoms with Gasteiger partial charge < -0.3 is 24.5 Å². The molecule has 1 saturated heterocycles. The lowest BCUT2D eigenvalue weighted by Gasteiger charge is -2.25. The molecule has 8 nitrogen and oxygen atoms in total. The quantitative estimate of drug-likeness (QED) is 0.626. The van der Waals surface area contributed by atoms with Crippen molar-refractivity contribution in [3.05, 3.63) is 59.3 Å². The summed E-state index contributed by atoms with van der Waals surface area (Å²) in [5.41, 5.74) is 3.23. The van der Waals surface area contributed by atoms with Crippen LogP contribution in [0, 0.1) is 0 Å². The molecule has 170 valence electrons. The van der Waals surface area contributed by atoms with Gasteiger partial charge in [-0.2, -0.15) is 0 Å². The molecule has 3 aromatic rings. The van der Waals surface area contributed by atoms with Crippen LogP contribution in [0.1, 0.15) is 53.7 Å². The highest BCUT2D eigenvalue weighted by Crippen LogP contribution is 2.38. The lowest BCUT2D eigenvalue weighted by molar-refractivity contribution is -0.116. The summed E-state index contributed by atoms with van der Waals surface area (Å²) in [6.07, 6.45) is 7.60. The minimum atomic E-state index is -0.0120. The van der Waals surface area contributed by atoms with Gasteiger partial charge in [-0.25, -0.2) is 9.97 Å². The van der Waals surface area contributed by atoms with E-state index in [9.17, 15) is 4.79 Å². The summed E-state index contributed by atoms with van der Waals surface area (Å²) >= 11 is 0. The SMILES string of the molecule is O=C1CCc2c(Oc3ccc4c(c3)CC(c3ncc(C5CCOCC5)[nH]3)CO4)ccnc2N1. The molecule has 0 bridgehead atoms. The number of nitrogens with zero attached hydrogens (tertiary/aromatic N) is 2. The van der Waals surface area contributed by atoms with Crippen molar-refractivity contribution >= 4 is 11.7 Å². The molecule has 1 atom stereocenters. The first-order chi connectivity index (χ1) is 16.2. The zero-order valence-corrected chi connectivity index (χ0v) is 18.3. The van der Waals surface area contributed by atoms with Crippen LogP contribution in [0.5, 0.6) is 17.2 Å². The smallest absolute Gasteiger partial charge is 0.225 e. The van der Waals surface area contributed by atoms with Gasteiger partial charge in [0.25, 0.3) is 0 Å². The van der Waals surface area contributed by atoms with Crippen molar-refractivity contribution < 1.29 is 19.0 Å². The van der Waals surface area contributed by atoms with Crippen molar-refractivity contribution in [1.29, 1.82) is 0 Å². The standard InChI is InChI=1S/C25H26N4O4/c30-23-4-2-19-22(5-8-26-25(19)29-23)33-18-1-3-21-16(12-18)11-17(14-32-21)24-27-13-20(28-24)15-6-9-31-10-7-15/h1,3,5,8,12-13,15,17H,2,4,6-7,9-11,14H2,(H,27,28)(H,26,29,30). The number of benzene rings is 1. The molecule has 1 amide bonds. The van der Waals surface area contributed by atoms with E-state index in [2.05, 4.69) is 20.3 Å². The van der Waals surface area contributed by atoms with Gasteiger partial charge in [0.2, 0.25) is 5.91 Å². The predicted molar refractivity (Wildman–Crippen MR) is 121 cm³/mol. The number of rotatable bonds is 4. The first-order valence-corrected chi connectivity index (χ1v) is 11.6. The Hall–Kier alpha value is -3.39. The monoisotopic (exact) mass is 446 g/mol. The molecule has 1 unspecified atom stereocenters. The maximum absolute atomic E-state index is 11.7. The zero-order valence-electron chi connectivity index (χ0n) is 18.3. The number of imidazole rings is 1. The highest BCUT2D eigenvalue weighted by molar-refractivity contribution is 5.93. The lowest BCUT2D eigenvalue weighted by Crippen LogP contribution is -2.21. The molecule has 3 aliphatic heterocycles. The number of pyridine rings is 1. The number of fused-ring (bicyclic) bond motifs is 2. The summed E-state index contributed by atoms with van der Waals surface area (Å²) in [6.45, 7) is 2.23. The summed E-state index contributed by atoms with van der Waals surface area (Å²) in [6, 6.07) is 7.77. The number of amides is 1. The third-order valence-electron chi connectivity index (χ3n) is 6.70. The largest absolute Gasteiger partial charge is 0.493 e. The summed E-state index contributed by atoms with van der Waals surface area (Å²) in [5.74, 6) is 4.57. The fourth-order valence-electron chi connectivity index (χ4n) is 4.86. The number of carbonyl (C=O) groups excluding carboxylic acids is 1. The van der Waals surface area contributed by atoms with Gasteiger partial charge in [-0.15, -0.1) is 0 Å². The minimum absolute atomic E-state index is 0.0120. The molecule has 1 aromatic carbocycles. The van der Waals surface area contributed by atoms with Crippen LogP contribution in [0.4, 0.5) is 5.82 Å². The van der Waals surface area contributed by atoms with Crippen LogP contribution in [0.15, 0.2) is 36.7 Å². The van der Waals surface area contributed by atoms with Crippen LogP contribution >= 0.6 is 0 Å². The number of ether oxygens (including phenoxy) is 3. The molecule has 3 aliphatic rings. The van der Waals surface area contributed by atoms with Crippen LogP contribution in [0.3, 0.4) is 0 Å². The molecule has 1 fully saturated rings. The Morgan fingerprint density at radius 3 is 2.88 bits per heavy atom. The average Bonchev–Trinajstić information content (AvgIpc) is 3.35. The summed E-state index contributed by atoms with van der Waals surface area (Å²) in [4.78, 5) is 24.2. The normalized spacial score (nSPS) is 20.4. The third-order valence-corrected chi connectivity index (χ3v) is 6.70. The van der Waals surface area contributed by atoms with E-state index in [0.29, 0.717) is 31.2 Å². The Kier molecular flexibility index (Phi) is 5.22. The molecule has 0 saturated carbocycles. The minimum Gasteiger partial charge on any atom is -0.493 e. The number of hydrogen-bond acceptors (Lipinski definition) is 6. The predicted octanol–water partition coefficient (Wildman–Crippen LogP) is 4.09. The van der Waals surface area contributed by atoms with Crippen LogP contribution in [0.25, 0.3) is 0 Å². The van der Waals surface area contributed by atoms with Crippen molar-refractivity contribution in [3.8, 4) is 17.2 Å². The van der Waals surface area contributed by atoms with E-state index in [1.165, 1.54) is 5.69 Å². The van der Waals surface area contributed by atoms with E-state index in [4.69, 9.17) is 14.2 Å². The van der Waals surface area contributed by atoms with Gasteiger partial charge in [0.05, 0.1) is 12.5 Å². The molecular weight excluding hydrogens is 420 g/mol. The van der Waals surface area contributed by atoms with Gasteiger partial charge >= 0.3 is 0 Å². The van der Waals surface area contributed by atoms with E-state index in [1.807, 2.05) is 30.5 Å². The van der Waals surface area contributed by atoms with Crippen LogP contribution in [-0.4, -0.2) is 40.7 Å².